The van der Waals surface area contributed by atoms with Crippen LogP contribution in [0, 0.1) is 0 Å². The Bertz CT molecular complexity index is 476. The number of carbonyl (C=O) groups is 1. The molecule has 19 heavy (non-hydrogen) atoms. The van der Waals surface area contributed by atoms with E-state index in [2.05, 4.69) is 15.9 Å². The van der Waals surface area contributed by atoms with Crippen molar-refractivity contribution in [1.29, 1.82) is 0 Å². The van der Waals surface area contributed by atoms with Crippen LogP contribution in [-0.2, 0) is 16.2 Å². The van der Waals surface area contributed by atoms with Crippen molar-refractivity contribution in [3.63, 3.8) is 0 Å². The van der Waals surface area contributed by atoms with Crippen molar-refractivity contribution >= 4 is 21.9 Å². The molecule has 0 N–H and O–H groups in total. The Morgan fingerprint density at radius 2 is 1.84 bits per heavy atom. The fraction of sp³-hybridized carbons (Fsp3) is 0.462. The van der Waals surface area contributed by atoms with E-state index in [1.165, 1.54) is 12.1 Å². The number of alkyl halides is 4. The quantitative estimate of drug-likeness (QED) is 0.583. The predicted molar refractivity (Wildman–Crippen MR) is 69.2 cm³/mol. The molecule has 0 spiro atoms. The van der Waals surface area contributed by atoms with E-state index in [0.29, 0.717) is 0 Å². The third-order valence-electron chi connectivity index (χ3n) is 2.19. The molecule has 1 rings (SSSR count). The molecule has 0 radical (unpaired) electrons. The SMILES string of the molecule is CC(C)(C)OC(=O)c1ccc(CBr)c(C(F)(F)F)c1. The van der Waals surface area contributed by atoms with Gasteiger partial charge in [0.15, 0.2) is 0 Å². The standard InChI is InChI=1S/C13H14BrF3O2/c1-12(2,3)19-11(18)8-4-5-9(7-14)10(6-8)13(15,16)17/h4-6H,7H2,1-3H3. The minimum absolute atomic E-state index is 0.0659. The van der Waals surface area contributed by atoms with Gasteiger partial charge in [0.1, 0.15) is 5.60 Å². The van der Waals surface area contributed by atoms with E-state index in [9.17, 15) is 18.0 Å². The molecule has 0 aromatic heterocycles. The first kappa shape index (κ1) is 16.0. The Morgan fingerprint density at radius 1 is 1.26 bits per heavy atom. The zero-order valence-electron chi connectivity index (χ0n) is 10.8. The summed E-state index contributed by atoms with van der Waals surface area (Å²) in [5, 5.41) is 0.0659. The van der Waals surface area contributed by atoms with Gasteiger partial charge in [-0.3, -0.25) is 0 Å². The molecule has 1 aromatic rings. The molecule has 1 aromatic carbocycles. The van der Waals surface area contributed by atoms with Gasteiger partial charge in [0, 0.05) is 5.33 Å². The van der Waals surface area contributed by atoms with Crippen molar-refractivity contribution < 1.29 is 22.7 Å². The molecule has 0 saturated carbocycles. The van der Waals surface area contributed by atoms with Gasteiger partial charge in [-0.2, -0.15) is 13.2 Å². The summed E-state index contributed by atoms with van der Waals surface area (Å²) in [6, 6.07) is 3.43. The van der Waals surface area contributed by atoms with E-state index in [0.717, 1.165) is 6.07 Å². The Labute approximate surface area is 118 Å². The second kappa shape index (κ2) is 5.53. The molecule has 6 heteroatoms. The highest BCUT2D eigenvalue weighted by Gasteiger charge is 2.34. The highest BCUT2D eigenvalue weighted by atomic mass is 79.9. The zero-order valence-corrected chi connectivity index (χ0v) is 12.4. The van der Waals surface area contributed by atoms with E-state index in [1.807, 2.05) is 0 Å². The van der Waals surface area contributed by atoms with Crippen molar-refractivity contribution in [2.75, 3.05) is 0 Å². The number of hydrogen-bond acceptors (Lipinski definition) is 2. The summed E-state index contributed by atoms with van der Waals surface area (Å²) < 4.78 is 43.6. The summed E-state index contributed by atoms with van der Waals surface area (Å²) in [5.41, 5.74) is -1.59. The Balaban J connectivity index is 3.16. The molecule has 0 heterocycles. The van der Waals surface area contributed by atoms with Crippen LogP contribution in [0.25, 0.3) is 0 Å². The minimum Gasteiger partial charge on any atom is -0.456 e. The van der Waals surface area contributed by atoms with Gasteiger partial charge in [0.05, 0.1) is 11.1 Å². The van der Waals surface area contributed by atoms with E-state index in [1.54, 1.807) is 20.8 Å². The maximum atomic E-state index is 12.8. The van der Waals surface area contributed by atoms with Crippen LogP contribution in [0.2, 0.25) is 0 Å². The number of halogens is 4. The van der Waals surface area contributed by atoms with Crippen LogP contribution in [0.1, 0.15) is 42.3 Å². The predicted octanol–water partition coefficient (Wildman–Crippen LogP) is 4.56. The lowest BCUT2D eigenvalue weighted by Gasteiger charge is -2.20. The molecule has 2 nitrogen and oxygen atoms in total. The van der Waals surface area contributed by atoms with Crippen molar-refractivity contribution in [1.82, 2.24) is 0 Å². The monoisotopic (exact) mass is 338 g/mol. The normalized spacial score (nSPS) is 12.4. The fourth-order valence-electron chi connectivity index (χ4n) is 1.42. The van der Waals surface area contributed by atoms with Gasteiger partial charge < -0.3 is 4.74 Å². The second-order valence-corrected chi connectivity index (χ2v) is 5.57. The first-order valence-electron chi connectivity index (χ1n) is 5.54. The average molecular weight is 339 g/mol. The van der Waals surface area contributed by atoms with Crippen molar-refractivity contribution in [3.05, 3.63) is 34.9 Å². The molecular weight excluding hydrogens is 325 g/mol. The maximum Gasteiger partial charge on any atom is 0.416 e. The van der Waals surface area contributed by atoms with Gasteiger partial charge in [-0.15, -0.1) is 0 Å². The smallest absolute Gasteiger partial charge is 0.416 e. The lowest BCUT2D eigenvalue weighted by Crippen LogP contribution is -2.24. The summed E-state index contributed by atoms with van der Waals surface area (Å²) >= 11 is 3.00. The first-order valence-corrected chi connectivity index (χ1v) is 6.66. The third kappa shape index (κ3) is 4.53. The summed E-state index contributed by atoms with van der Waals surface area (Å²) in [7, 11) is 0. The first-order chi connectivity index (χ1) is 8.54. The van der Waals surface area contributed by atoms with Gasteiger partial charge in [0.25, 0.3) is 0 Å². The number of carbonyl (C=O) groups excluding carboxylic acids is 1. The Kier molecular flexibility index (Phi) is 4.66. The van der Waals surface area contributed by atoms with E-state index >= 15 is 0 Å². The number of rotatable bonds is 2. The van der Waals surface area contributed by atoms with Crippen LogP contribution >= 0.6 is 15.9 Å². The minimum atomic E-state index is -4.50. The molecule has 0 aliphatic carbocycles. The molecule has 0 unspecified atom stereocenters. The van der Waals surface area contributed by atoms with Crippen LogP contribution in [0.3, 0.4) is 0 Å². The lowest BCUT2D eigenvalue weighted by molar-refractivity contribution is -0.138. The number of esters is 1. The highest BCUT2D eigenvalue weighted by Crippen LogP contribution is 2.34. The molecule has 0 saturated heterocycles. The van der Waals surface area contributed by atoms with Gasteiger partial charge in [0.2, 0.25) is 0 Å². The highest BCUT2D eigenvalue weighted by molar-refractivity contribution is 9.08. The summed E-state index contributed by atoms with van der Waals surface area (Å²) in [5.74, 6) is -0.765. The van der Waals surface area contributed by atoms with Gasteiger partial charge >= 0.3 is 12.1 Å². The van der Waals surface area contributed by atoms with Crippen LogP contribution in [0.15, 0.2) is 18.2 Å². The van der Waals surface area contributed by atoms with Crippen LogP contribution < -0.4 is 0 Å². The fourth-order valence-corrected chi connectivity index (χ4v) is 1.91. The Hall–Kier alpha value is -1.04. The lowest BCUT2D eigenvalue weighted by atomic mass is 10.0. The topological polar surface area (TPSA) is 26.3 Å². The molecule has 0 aliphatic rings. The molecule has 0 atom stereocenters. The second-order valence-electron chi connectivity index (χ2n) is 5.01. The van der Waals surface area contributed by atoms with Crippen molar-refractivity contribution in [2.24, 2.45) is 0 Å². The van der Waals surface area contributed by atoms with E-state index in [4.69, 9.17) is 4.74 Å². The van der Waals surface area contributed by atoms with Crippen LogP contribution in [0.5, 0.6) is 0 Å². The number of hydrogen-bond donors (Lipinski definition) is 0. The van der Waals surface area contributed by atoms with E-state index < -0.39 is 23.3 Å². The molecular formula is C13H14BrF3O2. The summed E-state index contributed by atoms with van der Waals surface area (Å²) in [6.45, 7) is 4.97. The summed E-state index contributed by atoms with van der Waals surface area (Å²) in [4.78, 5) is 11.7. The largest absolute Gasteiger partial charge is 0.456 e. The molecule has 106 valence electrons. The van der Waals surface area contributed by atoms with Gasteiger partial charge in [-0.25, -0.2) is 4.79 Å². The van der Waals surface area contributed by atoms with Crippen LogP contribution in [0.4, 0.5) is 13.2 Å². The van der Waals surface area contributed by atoms with E-state index in [-0.39, 0.29) is 16.5 Å². The van der Waals surface area contributed by atoms with Crippen molar-refractivity contribution in [3.8, 4) is 0 Å². The van der Waals surface area contributed by atoms with Crippen molar-refractivity contribution in [2.45, 2.75) is 37.9 Å². The maximum absolute atomic E-state index is 12.8. The molecule has 0 amide bonds. The van der Waals surface area contributed by atoms with Crippen LogP contribution in [-0.4, -0.2) is 11.6 Å². The average Bonchev–Trinajstić information content (AvgIpc) is 2.24. The number of benzene rings is 1. The molecule has 0 bridgehead atoms. The number of ether oxygens (including phenoxy) is 1. The molecule has 0 aliphatic heterocycles. The van der Waals surface area contributed by atoms with Gasteiger partial charge in [-0.05, 0) is 38.5 Å². The summed E-state index contributed by atoms with van der Waals surface area (Å²) in [6.07, 6.45) is -4.50. The Morgan fingerprint density at radius 3 is 2.26 bits per heavy atom. The zero-order chi connectivity index (χ0) is 14.8. The molecule has 0 fully saturated rings. The van der Waals surface area contributed by atoms with Gasteiger partial charge in [-0.1, -0.05) is 22.0 Å². The third-order valence-corrected chi connectivity index (χ3v) is 2.80.